The molecule has 1 aromatic rings. The van der Waals surface area contributed by atoms with Crippen LogP contribution in [0, 0.1) is 5.82 Å². The van der Waals surface area contributed by atoms with Crippen molar-refractivity contribution in [3.05, 3.63) is 35.6 Å². The lowest BCUT2D eigenvalue weighted by Gasteiger charge is -2.39. The zero-order valence-corrected chi connectivity index (χ0v) is 16.7. The average molecular weight is 381 g/mol. The van der Waals surface area contributed by atoms with E-state index < -0.39 is 0 Å². The summed E-state index contributed by atoms with van der Waals surface area (Å²) in [5.74, 6) is 1.55. The number of nitrogens with zero attached hydrogens (tertiary/aromatic N) is 2. The summed E-state index contributed by atoms with van der Waals surface area (Å²) < 4.78 is 13.4. The number of hydrogen-bond donors (Lipinski definition) is 2. The number of nitrogens with one attached hydrogen (secondary N) is 2. The van der Waals surface area contributed by atoms with Crippen LogP contribution >= 0.6 is 11.8 Å². The van der Waals surface area contributed by atoms with Crippen LogP contribution in [0.3, 0.4) is 0 Å². The first kappa shape index (κ1) is 20.6. The number of rotatable bonds is 6. The SMILES string of the molecule is CCNC(=NCCNC(=O)Cc1cccc(F)c1)N1CCSC(C)(C)C1. The summed E-state index contributed by atoms with van der Waals surface area (Å²) in [5.41, 5.74) is 0.674. The molecular formula is C19H29FN4OS. The lowest BCUT2D eigenvalue weighted by Crippen LogP contribution is -2.51. The molecule has 1 fully saturated rings. The third-order valence-corrected chi connectivity index (χ3v) is 5.31. The Morgan fingerprint density at radius 3 is 2.88 bits per heavy atom. The molecule has 1 aliphatic heterocycles. The molecular weight excluding hydrogens is 351 g/mol. The standard InChI is InChI=1S/C19H29FN4OS/c1-4-21-18(24-10-11-26-19(2,3)14-24)23-9-8-22-17(25)13-15-6-5-7-16(20)12-15/h5-7,12H,4,8-11,13-14H2,1-3H3,(H,21,23)(H,22,25). The van der Waals surface area contributed by atoms with Gasteiger partial charge in [0.2, 0.25) is 5.91 Å². The first-order valence-electron chi connectivity index (χ1n) is 9.08. The zero-order chi connectivity index (χ0) is 19.0. The van der Waals surface area contributed by atoms with Gasteiger partial charge < -0.3 is 15.5 Å². The Hall–Kier alpha value is -1.76. The normalized spacial score (nSPS) is 17.1. The minimum atomic E-state index is -0.321. The van der Waals surface area contributed by atoms with Gasteiger partial charge in [-0.2, -0.15) is 11.8 Å². The van der Waals surface area contributed by atoms with Gasteiger partial charge in [-0.1, -0.05) is 12.1 Å². The summed E-state index contributed by atoms with van der Waals surface area (Å²) in [6, 6.07) is 6.12. The topological polar surface area (TPSA) is 56.7 Å². The molecule has 0 spiro atoms. The maximum Gasteiger partial charge on any atom is 0.224 e. The van der Waals surface area contributed by atoms with Crippen LogP contribution in [0.5, 0.6) is 0 Å². The quantitative estimate of drug-likeness (QED) is 0.452. The predicted octanol–water partition coefficient (Wildman–Crippen LogP) is 2.28. The average Bonchev–Trinajstić information content (AvgIpc) is 2.56. The maximum atomic E-state index is 13.2. The minimum Gasteiger partial charge on any atom is -0.357 e. The molecule has 0 unspecified atom stereocenters. The Balaban J connectivity index is 1.81. The number of hydrogen-bond acceptors (Lipinski definition) is 3. The Morgan fingerprint density at radius 1 is 1.38 bits per heavy atom. The van der Waals surface area contributed by atoms with E-state index in [1.165, 1.54) is 12.1 Å². The summed E-state index contributed by atoms with van der Waals surface area (Å²) in [4.78, 5) is 18.9. The molecule has 2 N–H and O–H groups in total. The second-order valence-electron chi connectivity index (χ2n) is 6.92. The summed E-state index contributed by atoms with van der Waals surface area (Å²) in [5, 5.41) is 6.18. The van der Waals surface area contributed by atoms with E-state index in [9.17, 15) is 9.18 Å². The van der Waals surface area contributed by atoms with Crippen LogP contribution in [0.25, 0.3) is 0 Å². The third kappa shape index (κ3) is 6.86. The molecule has 0 radical (unpaired) electrons. The van der Waals surface area contributed by atoms with Crippen LogP contribution in [-0.2, 0) is 11.2 Å². The van der Waals surface area contributed by atoms with Crippen molar-refractivity contribution in [2.75, 3.05) is 38.5 Å². The monoisotopic (exact) mass is 380 g/mol. The third-order valence-electron chi connectivity index (χ3n) is 4.01. The Labute approximate surface area is 159 Å². The van der Waals surface area contributed by atoms with Gasteiger partial charge in [0.1, 0.15) is 5.82 Å². The van der Waals surface area contributed by atoms with Gasteiger partial charge in [-0.05, 0) is 38.5 Å². The molecule has 2 rings (SSSR count). The lowest BCUT2D eigenvalue weighted by atomic mass is 10.1. The van der Waals surface area contributed by atoms with Crippen LogP contribution in [0.2, 0.25) is 0 Å². The number of amides is 1. The van der Waals surface area contributed by atoms with E-state index in [2.05, 4.69) is 41.3 Å². The Kier molecular flexibility index (Phi) is 7.75. The van der Waals surface area contributed by atoms with Gasteiger partial charge in [0, 0.05) is 36.7 Å². The Bertz CT molecular complexity index is 636. The van der Waals surface area contributed by atoms with Crippen molar-refractivity contribution in [3.8, 4) is 0 Å². The van der Waals surface area contributed by atoms with Crippen LogP contribution in [0.15, 0.2) is 29.3 Å². The van der Waals surface area contributed by atoms with E-state index in [0.717, 1.165) is 31.3 Å². The van der Waals surface area contributed by atoms with Crippen molar-refractivity contribution in [1.29, 1.82) is 0 Å². The number of benzene rings is 1. The van der Waals surface area contributed by atoms with E-state index in [1.54, 1.807) is 12.1 Å². The van der Waals surface area contributed by atoms with Gasteiger partial charge in [0.25, 0.3) is 0 Å². The zero-order valence-electron chi connectivity index (χ0n) is 15.8. The number of guanidine groups is 1. The van der Waals surface area contributed by atoms with Gasteiger partial charge in [-0.15, -0.1) is 0 Å². The number of thioether (sulfide) groups is 1. The molecule has 1 aliphatic rings. The molecule has 0 aliphatic carbocycles. The van der Waals surface area contributed by atoms with Gasteiger partial charge in [0.15, 0.2) is 5.96 Å². The number of carbonyl (C=O) groups excluding carboxylic acids is 1. The molecule has 1 saturated heterocycles. The smallest absolute Gasteiger partial charge is 0.224 e. The van der Waals surface area contributed by atoms with Gasteiger partial charge >= 0.3 is 0 Å². The van der Waals surface area contributed by atoms with E-state index in [0.29, 0.717) is 18.7 Å². The highest BCUT2D eigenvalue weighted by atomic mass is 32.2. The highest BCUT2D eigenvalue weighted by Crippen LogP contribution is 2.29. The molecule has 0 saturated carbocycles. The highest BCUT2D eigenvalue weighted by molar-refractivity contribution is 8.00. The molecule has 1 aromatic carbocycles. The molecule has 0 aromatic heterocycles. The van der Waals surface area contributed by atoms with Crippen LogP contribution in [0.4, 0.5) is 4.39 Å². The van der Waals surface area contributed by atoms with Crippen molar-refractivity contribution in [1.82, 2.24) is 15.5 Å². The summed E-state index contributed by atoms with van der Waals surface area (Å²) in [6.45, 7) is 10.3. The molecule has 144 valence electrons. The second-order valence-corrected chi connectivity index (χ2v) is 8.72. The van der Waals surface area contributed by atoms with E-state index >= 15 is 0 Å². The summed E-state index contributed by atoms with van der Waals surface area (Å²) in [6.07, 6.45) is 0.180. The fourth-order valence-corrected chi connectivity index (χ4v) is 3.99. The highest BCUT2D eigenvalue weighted by Gasteiger charge is 2.28. The maximum absolute atomic E-state index is 13.2. The van der Waals surface area contributed by atoms with Crippen molar-refractivity contribution >= 4 is 23.6 Å². The van der Waals surface area contributed by atoms with E-state index in [-0.39, 0.29) is 22.9 Å². The molecule has 0 atom stereocenters. The minimum absolute atomic E-state index is 0.119. The van der Waals surface area contributed by atoms with E-state index in [1.807, 2.05) is 11.8 Å². The fraction of sp³-hybridized carbons (Fsp3) is 0.579. The number of aliphatic imine (C=N–C) groups is 1. The molecule has 0 bridgehead atoms. The fourth-order valence-electron chi connectivity index (χ4n) is 2.88. The van der Waals surface area contributed by atoms with Crippen LogP contribution < -0.4 is 10.6 Å². The van der Waals surface area contributed by atoms with Crippen molar-refractivity contribution in [2.24, 2.45) is 4.99 Å². The van der Waals surface area contributed by atoms with Gasteiger partial charge in [0.05, 0.1) is 13.0 Å². The summed E-state index contributed by atoms with van der Waals surface area (Å²) in [7, 11) is 0. The molecule has 26 heavy (non-hydrogen) atoms. The number of carbonyl (C=O) groups is 1. The molecule has 7 heteroatoms. The van der Waals surface area contributed by atoms with Crippen molar-refractivity contribution < 1.29 is 9.18 Å². The molecule has 1 heterocycles. The molecule has 1 amide bonds. The van der Waals surface area contributed by atoms with Crippen molar-refractivity contribution in [3.63, 3.8) is 0 Å². The van der Waals surface area contributed by atoms with Crippen LogP contribution in [0.1, 0.15) is 26.3 Å². The molecule has 5 nitrogen and oxygen atoms in total. The van der Waals surface area contributed by atoms with Gasteiger partial charge in [-0.3, -0.25) is 9.79 Å². The summed E-state index contributed by atoms with van der Waals surface area (Å²) >= 11 is 1.99. The first-order valence-corrected chi connectivity index (χ1v) is 10.1. The number of halogens is 1. The van der Waals surface area contributed by atoms with E-state index in [4.69, 9.17) is 0 Å². The second kappa shape index (κ2) is 9.80. The largest absolute Gasteiger partial charge is 0.357 e. The predicted molar refractivity (Wildman–Crippen MR) is 107 cm³/mol. The Morgan fingerprint density at radius 2 is 2.19 bits per heavy atom. The lowest BCUT2D eigenvalue weighted by molar-refractivity contribution is -0.120. The first-order chi connectivity index (χ1) is 12.4. The van der Waals surface area contributed by atoms with Crippen molar-refractivity contribution in [2.45, 2.75) is 31.9 Å². The van der Waals surface area contributed by atoms with Gasteiger partial charge in [-0.25, -0.2) is 4.39 Å². The van der Waals surface area contributed by atoms with Crippen LogP contribution in [-0.4, -0.2) is 60.0 Å².